The van der Waals surface area contributed by atoms with Crippen LogP contribution >= 0.6 is 11.3 Å². The van der Waals surface area contributed by atoms with Gasteiger partial charge in [-0.1, -0.05) is 12.1 Å². The lowest BCUT2D eigenvalue weighted by molar-refractivity contribution is 0.0954. The van der Waals surface area contributed by atoms with Crippen molar-refractivity contribution in [1.29, 1.82) is 5.26 Å². The molecule has 0 saturated heterocycles. The summed E-state index contributed by atoms with van der Waals surface area (Å²) < 4.78 is 30.5. The van der Waals surface area contributed by atoms with E-state index in [1.807, 2.05) is 6.92 Å². The van der Waals surface area contributed by atoms with Crippen LogP contribution in [0.25, 0.3) is 16.8 Å². The molecular weight excluding hydrogens is 444 g/mol. The van der Waals surface area contributed by atoms with Crippen molar-refractivity contribution in [2.24, 2.45) is 0 Å². The van der Waals surface area contributed by atoms with Crippen LogP contribution in [0.1, 0.15) is 37.9 Å². The highest BCUT2D eigenvalue weighted by Crippen LogP contribution is 2.30. The van der Waals surface area contributed by atoms with Gasteiger partial charge < -0.3 is 5.32 Å². The number of hydrogen-bond acceptors (Lipinski definition) is 5. The van der Waals surface area contributed by atoms with Crippen LogP contribution < -0.4 is 5.32 Å². The molecule has 33 heavy (non-hydrogen) atoms. The van der Waals surface area contributed by atoms with Gasteiger partial charge in [0.05, 0.1) is 28.1 Å². The zero-order valence-electron chi connectivity index (χ0n) is 18.1. The Hall–Kier alpha value is -3.90. The average molecular weight is 464 g/mol. The summed E-state index contributed by atoms with van der Waals surface area (Å²) in [7, 11) is 0. The molecule has 0 bridgehead atoms. The highest BCUT2D eigenvalue weighted by atomic mass is 32.1. The second kappa shape index (κ2) is 8.92. The van der Waals surface area contributed by atoms with Gasteiger partial charge in [-0.05, 0) is 44.5 Å². The van der Waals surface area contributed by atoms with Crippen molar-refractivity contribution in [2.75, 3.05) is 0 Å². The highest BCUT2D eigenvalue weighted by Gasteiger charge is 2.18. The molecule has 2 aromatic carbocycles. The Bertz CT molecular complexity index is 1420. The van der Waals surface area contributed by atoms with Crippen LogP contribution in [0, 0.1) is 43.7 Å². The number of carbonyl (C=O) groups excluding carboxylic acids is 1. The Kier molecular flexibility index (Phi) is 6.03. The van der Waals surface area contributed by atoms with Crippen LogP contribution in [0.2, 0.25) is 0 Å². The number of carbonyl (C=O) groups is 1. The Morgan fingerprint density at radius 1 is 1.12 bits per heavy atom. The van der Waals surface area contributed by atoms with Crippen LogP contribution in [-0.2, 0) is 6.54 Å². The molecule has 2 aromatic heterocycles. The topological polar surface area (TPSA) is 83.6 Å². The number of thiazole rings is 1. The molecule has 6 nitrogen and oxygen atoms in total. The molecule has 4 aromatic rings. The summed E-state index contributed by atoms with van der Waals surface area (Å²) in [4.78, 5) is 16.8. The molecule has 0 aliphatic heterocycles. The first-order valence-corrected chi connectivity index (χ1v) is 10.9. The van der Waals surface area contributed by atoms with E-state index < -0.39 is 11.6 Å². The van der Waals surface area contributed by atoms with Gasteiger partial charge in [-0.25, -0.2) is 18.4 Å². The number of aryl methyl sites for hydroxylation is 2. The SMILES string of the molecule is Cc1ncsc1C(=O)NCc1ccc(-c2c(C)nn(-c3ccc(C#N)c(F)c3)c2C)cc1F. The maximum absolute atomic E-state index is 14.9. The number of hydrogen-bond donors (Lipinski definition) is 1. The second-order valence-corrected chi connectivity index (χ2v) is 8.34. The van der Waals surface area contributed by atoms with E-state index in [0.717, 1.165) is 5.56 Å². The van der Waals surface area contributed by atoms with Gasteiger partial charge in [0.1, 0.15) is 22.6 Å². The van der Waals surface area contributed by atoms with Crippen LogP contribution in [0.5, 0.6) is 0 Å². The van der Waals surface area contributed by atoms with Crippen molar-refractivity contribution in [3.8, 4) is 22.9 Å². The van der Waals surface area contributed by atoms with Crippen LogP contribution in [-0.4, -0.2) is 20.7 Å². The van der Waals surface area contributed by atoms with Crippen LogP contribution in [0.4, 0.5) is 8.78 Å². The minimum absolute atomic E-state index is 0.0456. The molecular formula is C24H19F2N5OS. The molecule has 4 rings (SSSR count). The number of halogens is 2. The number of benzene rings is 2. The van der Waals surface area contributed by atoms with E-state index in [2.05, 4.69) is 15.4 Å². The van der Waals surface area contributed by atoms with E-state index in [9.17, 15) is 13.6 Å². The lowest BCUT2D eigenvalue weighted by Crippen LogP contribution is -2.23. The Labute approximate surface area is 193 Å². The first-order valence-electron chi connectivity index (χ1n) is 10.0. The number of aromatic nitrogens is 3. The molecule has 0 aliphatic rings. The number of amides is 1. The highest BCUT2D eigenvalue weighted by molar-refractivity contribution is 7.11. The monoisotopic (exact) mass is 463 g/mol. The number of nitrogens with zero attached hydrogens (tertiary/aromatic N) is 4. The summed E-state index contributed by atoms with van der Waals surface area (Å²) in [5, 5.41) is 16.1. The molecule has 0 unspecified atom stereocenters. The molecule has 2 heterocycles. The van der Waals surface area contributed by atoms with Crippen LogP contribution in [0.15, 0.2) is 41.9 Å². The lowest BCUT2D eigenvalue weighted by Gasteiger charge is -2.09. The Morgan fingerprint density at radius 3 is 2.55 bits per heavy atom. The minimum Gasteiger partial charge on any atom is -0.347 e. The maximum Gasteiger partial charge on any atom is 0.263 e. The third-order valence-corrected chi connectivity index (χ3v) is 6.27. The van der Waals surface area contributed by atoms with Gasteiger partial charge in [0, 0.05) is 29.4 Å². The molecule has 0 fully saturated rings. The van der Waals surface area contributed by atoms with E-state index in [4.69, 9.17) is 5.26 Å². The van der Waals surface area contributed by atoms with Gasteiger partial charge in [0.15, 0.2) is 0 Å². The van der Waals surface area contributed by atoms with Crippen molar-refractivity contribution < 1.29 is 13.6 Å². The van der Waals surface area contributed by atoms with Gasteiger partial charge in [-0.2, -0.15) is 10.4 Å². The maximum atomic E-state index is 14.9. The zero-order chi connectivity index (χ0) is 23.7. The number of nitriles is 1. The van der Waals surface area contributed by atoms with Gasteiger partial charge in [0.2, 0.25) is 0 Å². The molecule has 0 radical (unpaired) electrons. The second-order valence-electron chi connectivity index (χ2n) is 7.49. The number of rotatable bonds is 5. The fourth-order valence-electron chi connectivity index (χ4n) is 3.66. The summed E-state index contributed by atoms with van der Waals surface area (Å²) in [6.45, 7) is 5.40. The van der Waals surface area contributed by atoms with E-state index in [1.54, 1.807) is 48.3 Å². The summed E-state index contributed by atoms with van der Waals surface area (Å²) in [5.41, 5.74) is 5.72. The first kappa shape index (κ1) is 22.3. The molecule has 0 atom stereocenters. The van der Waals surface area contributed by atoms with Crippen molar-refractivity contribution in [3.63, 3.8) is 0 Å². The summed E-state index contributed by atoms with van der Waals surface area (Å²) in [5.74, 6) is -1.37. The van der Waals surface area contributed by atoms with Gasteiger partial charge in [-0.3, -0.25) is 4.79 Å². The average Bonchev–Trinajstić information content (AvgIpc) is 3.35. The molecule has 0 aliphatic carbocycles. The minimum atomic E-state index is -0.630. The Morgan fingerprint density at radius 2 is 1.91 bits per heavy atom. The molecule has 9 heteroatoms. The molecule has 1 N–H and O–H groups in total. The van der Waals surface area contributed by atoms with Gasteiger partial charge >= 0.3 is 0 Å². The van der Waals surface area contributed by atoms with E-state index in [0.29, 0.717) is 38.8 Å². The van der Waals surface area contributed by atoms with Crippen molar-refractivity contribution in [3.05, 3.63) is 86.6 Å². The smallest absolute Gasteiger partial charge is 0.263 e. The van der Waals surface area contributed by atoms with Crippen molar-refractivity contribution >= 4 is 17.2 Å². The Balaban J connectivity index is 1.59. The largest absolute Gasteiger partial charge is 0.347 e. The van der Waals surface area contributed by atoms with Gasteiger partial charge in [-0.15, -0.1) is 11.3 Å². The summed E-state index contributed by atoms with van der Waals surface area (Å²) in [6, 6.07) is 10.9. The molecule has 166 valence electrons. The zero-order valence-corrected chi connectivity index (χ0v) is 18.9. The van der Waals surface area contributed by atoms with Crippen molar-refractivity contribution in [1.82, 2.24) is 20.1 Å². The lowest BCUT2D eigenvalue weighted by atomic mass is 10.0. The predicted octanol–water partition coefficient (Wildman–Crippen LogP) is 5.00. The summed E-state index contributed by atoms with van der Waals surface area (Å²) >= 11 is 1.24. The van der Waals surface area contributed by atoms with E-state index in [1.165, 1.54) is 29.5 Å². The van der Waals surface area contributed by atoms with Gasteiger partial charge in [0.25, 0.3) is 5.91 Å². The third kappa shape index (κ3) is 4.25. The van der Waals surface area contributed by atoms with Crippen molar-refractivity contribution in [2.45, 2.75) is 27.3 Å². The number of nitrogens with one attached hydrogen (secondary N) is 1. The molecule has 0 saturated carbocycles. The van der Waals surface area contributed by atoms with E-state index in [-0.39, 0.29) is 18.0 Å². The van der Waals surface area contributed by atoms with E-state index >= 15 is 0 Å². The summed E-state index contributed by atoms with van der Waals surface area (Å²) in [6.07, 6.45) is 0. The normalized spacial score (nSPS) is 10.8. The van der Waals surface area contributed by atoms with Crippen LogP contribution in [0.3, 0.4) is 0 Å². The first-order chi connectivity index (χ1) is 15.8. The third-order valence-electron chi connectivity index (χ3n) is 5.34. The fraction of sp³-hybridized carbons (Fsp3) is 0.167. The quantitative estimate of drug-likeness (QED) is 0.451. The molecule has 1 amide bonds. The predicted molar refractivity (Wildman–Crippen MR) is 121 cm³/mol. The fourth-order valence-corrected chi connectivity index (χ4v) is 4.38. The molecule has 0 spiro atoms. The standard InChI is InChI=1S/C24H19F2N5OS/c1-13-22(15(3)31(30-13)19-7-6-17(10-27)21(26)9-19)16-4-5-18(20(25)8-16)11-28-24(32)23-14(2)29-12-33-23/h4-9,12H,11H2,1-3H3,(H,28,32).